The largest absolute Gasteiger partial charge is 0.481 e. The van der Waals surface area contributed by atoms with Crippen molar-refractivity contribution in [1.82, 2.24) is 4.90 Å². The number of aliphatic carboxylic acids is 1. The smallest absolute Gasteiger partial charge is 0.309 e. The van der Waals surface area contributed by atoms with Crippen LogP contribution in [-0.2, 0) is 4.79 Å². The summed E-state index contributed by atoms with van der Waals surface area (Å²) in [5, 5.41) is 9.30. The zero-order chi connectivity index (χ0) is 12.0. The average Bonchev–Trinajstić information content (AvgIpc) is 2.28. The predicted molar refractivity (Wildman–Crippen MR) is 61.2 cm³/mol. The Kier molecular flexibility index (Phi) is 5.19. The van der Waals surface area contributed by atoms with Gasteiger partial charge in [0.2, 0.25) is 0 Å². The van der Waals surface area contributed by atoms with Gasteiger partial charge in [0, 0.05) is 6.54 Å². The van der Waals surface area contributed by atoms with E-state index in [1.165, 1.54) is 0 Å². The van der Waals surface area contributed by atoms with Crippen molar-refractivity contribution in [2.75, 3.05) is 26.3 Å². The van der Waals surface area contributed by atoms with E-state index in [0.29, 0.717) is 19.3 Å². The predicted octanol–water partition coefficient (Wildman–Crippen LogP) is 2.31. The molecule has 1 rings (SSSR count). The Bertz CT molecular complexity index is 225. The maximum Gasteiger partial charge on any atom is 0.309 e. The number of alkyl halides is 1. The van der Waals surface area contributed by atoms with Crippen LogP contribution >= 0.6 is 0 Å². The summed E-state index contributed by atoms with van der Waals surface area (Å²) < 4.78 is 12.0. The van der Waals surface area contributed by atoms with Gasteiger partial charge in [0.15, 0.2) is 0 Å². The van der Waals surface area contributed by atoms with Crippen LogP contribution in [0, 0.1) is 5.41 Å². The van der Waals surface area contributed by atoms with Crippen LogP contribution in [0.15, 0.2) is 0 Å². The van der Waals surface area contributed by atoms with Gasteiger partial charge in [0.25, 0.3) is 0 Å². The molecule has 4 heteroatoms. The van der Waals surface area contributed by atoms with Gasteiger partial charge in [0.1, 0.15) is 0 Å². The highest BCUT2D eigenvalue weighted by molar-refractivity contribution is 5.74. The highest BCUT2D eigenvalue weighted by Crippen LogP contribution is 2.36. The highest BCUT2D eigenvalue weighted by atomic mass is 19.1. The Hall–Kier alpha value is -0.640. The Morgan fingerprint density at radius 1 is 1.44 bits per heavy atom. The number of hydrogen-bond acceptors (Lipinski definition) is 2. The number of rotatable bonds is 6. The average molecular weight is 231 g/mol. The second-order valence-corrected chi connectivity index (χ2v) is 4.72. The maximum absolute atomic E-state index is 12.0. The molecule has 1 saturated heterocycles. The van der Waals surface area contributed by atoms with Gasteiger partial charge in [-0.05, 0) is 38.8 Å². The molecule has 0 radical (unpaired) electrons. The molecule has 0 aromatic carbocycles. The summed E-state index contributed by atoms with van der Waals surface area (Å²) in [5.74, 6) is -0.653. The number of piperidine rings is 1. The first-order valence-electron chi connectivity index (χ1n) is 6.16. The monoisotopic (exact) mass is 231 g/mol. The molecule has 1 N–H and O–H groups in total. The SMILES string of the molecule is CCCC1(C(=O)O)CCN(CCCF)CC1. The fraction of sp³-hybridized carbons (Fsp3) is 0.917. The molecule has 1 aliphatic heterocycles. The minimum absolute atomic E-state index is 0.282. The van der Waals surface area contributed by atoms with Crippen LogP contribution in [0.25, 0.3) is 0 Å². The molecule has 0 amide bonds. The van der Waals surface area contributed by atoms with E-state index in [0.717, 1.165) is 32.5 Å². The third kappa shape index (κ3) is 3.17. The minimum atomic E-state index is -0.653. The summed E-state index contributed by atoms with van der Waals surface area (Å²) in [5.41, 5.74) is -0.513. The minimum Gasteiger partial charge on any atom is -0.481 e. The topological polar surface area (TPSA) is 40.5 Å². The van der Waals surface area contributed by atoms with E-state index in [9.17, 15) is 14.3 Å². The maximum atomic E-state index is 12.0. The van der Waals surface area contributed by atoms with Crippen LogP contribution in [-0.4, -0.2) is 42.3 Å². The molecule has 16 heavy (non-hydrogen) atoms. The van der Waals surface area contributed by atoms with Crippen molar-refractivity contribution in [3.63, 3.8) is 0 Å². The van der Waals surface area contributed by atoms with Crippen LogP contribution in [0.1, 0.15) is 39.0 Å². The summed E-state index contributed by atoms with van der Waals surface area (Å²) in [4.78, 5) is 13.5. The lowest BCUT2D eigenvalue weighted by molar-refractivity contribution is -0.152. The zero-order valence-corrected chi connectivity index (χ0v) is 10.0. The van der Waals surface area contributed by atoms with Gasteiger partial charge in [-0.2, -0.15) is 0 Å². The summed E-state index contributed by atoms with van der Waals surface area (Å²) in [6, 6.07) is 0. The van der Waals surface area contributed by atoms with Crippen molar-refractivity contribution in [3.8, 4) is 0 Å². The highest BCUT2D eigenvalue weighted by Gasteiger charge is 2.40. The molecule has 1 fully saturated rings. The van der Waals surface area contributed by atoms with Crippen molar-refractivity contribution in [1.29, 1.82) is 0 Å². The first kappa shape index (κ1) is 13.4. The lowest BCUT2D eigenvalue weighted by Gasteiger charge is -2.38. The molecular formula is C12H22FNO2. The standard InChI is InChI=1S/C12H22FNO2/c1-2-4-12(11(15)16)5-9-14(10-6-12)8-3-7-13/h2-10H2,1H3,(H,15,16). The van der Waals surface area contributed by atoms with E-state index in [1.54, 1.807) is 0 Å². The van der Waals surface area contributed by atoms with Crippen LogP contribution in [0.2, 0.25) is 0 Å². The van der Waals surface area contributed by atoms with Crippen LogP contribution < -0.4 is 0 Å². The molecular weight excluding hydrogens is 209 g/mol. The van der Waals surface area contributed by atoms with Crippen molar-refractivity contribution in [2.45, 2.75) is 39.0 Å². The molecule has 0 bridgehead atoms. The second-order valence-electron chi connectivity index (χ2n) is 4.72. The lowest BCUT2D eigenvalue weighted by Crippen LogP contribution is -2.44. The first-order chi connectivity index (χ1) is 7.64. The Balaban J connectivity index is 2.46. The van der Waals surface area contributed by atoms with Crippen molar-refractivity contribution in [2.24, 2.45) is 5.41 Å². The van der Waals surface area contributed by atoms with Gasteiger partial charge in [-0.25, -0.2) is 0 Å². The number of likely N-dealkylation sites (tertiary alicyclic amines) is 1. The molecule has 3 nitrogen and oxygen atoms in total. The summed E-state index contributed by atoms with van der Waals surface area (Å²) in [7, 11) is 0. The fourth-order valence-corrected chi connectivity index (χ4v) is 2.54. The third-order valence-corrected chi connectivity index (χ3v) is 3.60. The van der Waals surface area contributed by atoms with E-state index in [-0.39, 0.29) is 6.67 Å². The van der Waals surface area contributed by atoms with Gasteiger partial charge < -0.3 is 10.0 Å². The Morgan fingerprint density at radius 2 is 2.06 bits per heavy atom. The fourth-order valence-electron chi connectivity index (χ4n) is 2.54. The number of nitrogens with zero attached hydrogens (tertiary/aromatic N) is 1. The van der Waals surface area contributed by atoms with Crippen molar-refractivity contribution >= 4 is 5.97 Å². The number of carbonyl (C=O) groups is 1. The summed E-state index contributed by atoms with van der Waals surface area (Å²) in [6.07, 6.45) is 3.66. The molecule has 1 aliphatic rings. The van der Waals surface area contributed by atoms with E-state index in [2.05, 4.69) is 4.90 Å². The van der Waals surface area contributed by atoms with E-state index >= 15 is 0 Å². The molecule has 0 saturated carbocycles. The van der Waals surface area contributed by atoms with Gasteiger partial charge in [-0.3, -0.25) is 9.18 Å². The quantitative estimate of drug-likeness (QED) is 0.762. The number of carboxylic acids is 1. The molecule has 0 aliphatic carbocycles. The van der Waals surface area contributed by atoms with Gasteiger partial charge in [0.05, 0.1) is 12.1 Å². The van der Waals surface area contributed by atoms with Crippen LogP contribution in [0.4, 0.5) is 4.39 Å². The van der Waals surface area contributed by atoms with Gasteiger partial charge in [-0.1, -0.05) is 13.3 Å². The zero-order valence-electron chi connectivity index (χ0n) is 10.0. The molecule has 0 unspecified atom stereocenters. The van der Waals surface area contributed by atoms with Crippen LogP contribution in [0.5, 0.6) is 0 Å². The number of halogens is 1. The summed E-state index contributed by atoms with van der Waals surface area (Å²) in [6.45, 7) is 4.10. The van der Waals surface area contributed by atoms with Crippen LogP contribution in [0.3, 0.4) is 0 Å². The number of carboxylic acid groups (broad SMARTS) is 1. The van der Waals surface area contributed by atoms with Crippen molar-refractivity contribution in [3.05, 3.63) is 0 Å². The van der Waals surface area contributed by atoms with Crippen molar-refractivity contribution < 1.29 is 14.3 Å². The normalized spacial score (nSPS) is 20.9. The number of hydrogen-bond donors (Lipinski definition) is 1. The molecule has 0 atom stereocenters. The van der Waals surface area contributed by atoms with E-state index < -0.39 is 11.4 Å². The first-order valence-corrected chi connectivity index (χ1v) is 6.16. The Labute approximate surface area is 96.6 Å². The molecule has 94 valence electrons. The van der Waals surface area contributed by atoms with E-state index in [4.69, 9.17) is 0 Å². The Morgan fingerprint density at radius 3 is 2.50 bits per heavy atom. The molecule has 0 aromatic rings. The molecule has 0 spiro atoms. The van der Waals surface area contributed by atoms with E-state index in [1.807, 2.05) is 6.92 Å². The molecule has 1 heterocycles. The van der Waals surface area contributed by atoms with Gasteiger partial charge in [-0.15, -0.1) is 0 Å². The molecule has 0 aromatic heterocycles. The third-order valence-electron chi connectivity index (χ3n) is 3.60. The van der Waals surface area contributed by atoms with Gasteiger partial charge >= 0.3 is 5.97 Å². The lowest BCUT2D eigenvalue weighted by atomic mass is 9.75. The second kappa shape index (κ2) is 6.18. The summed E-state index contributed by atoms with van der Waals surface area (Å²) >= 11 is 0.